The van der Waals surface area contributed by atoms with Crippen molar-refractivity contribution in [3.8, 4) is 0 Å². The van der Waals surface area contributed by atoms with E-state index < -0.39 is 0 Å². The van der Waals surface area contributed by atoms with Crippen molar-refractivity contribution < 1.29 is 9.21 Å². The summed E-state index contributed by atoms with van der Waals surface area (Å²) >= 11 is 0. The summed E-state index contributed by atoms with van der Waals surface area (Å²) in [5.74, 6) is 2.01. The Kier molecular flexibility index (Phi) is 4.27. The van der Waals surface area contributed by atoms with Crippen molar-refractivity contribution in [3.05, 3.63) is 35.9 Å². The van der Waals surface area contributed by atoms with Crippen molar-refractivity contribution in [2.75, 3.05) is 31.1 Å². The van der Waals surface area contributed by atoms with E-state index >= 15 is 0 Å². The van der Waals surface area contributed by atoms with Crippen LogP contribution in [0.15, 0.2) is 23.1 Å². The Balaban J connectivity index is 1.68. The van der Waals surface area contributed by atoms with Crippen LogP contribution in [-0.2, 0) is 0 Å². The SMILES string of the molecule is Cc1cc(N2CCN(C(=O)c3cocn3)CC2)nc(C(C)C)n1. The number of hydrogen-bond acceptors (Lipinski definition) is 6. The molecule has 7 heteroatoms. The lowest BCUT2D eigenvalue weighted by Crippen LogP contribution is -2.49. The van der Waals surface area contributed by atoms with E-state index in [2.05, 4.69) is 33.7 Å². The quantitative estimate of drug-likeness (QED) is 0.860. The molecule has 0 unspecified atom stereocenters. The van der Waals surface area contributed by atoms with Crippen LogP contribution >= 0.6 is 0 Å². The lowest BCUT2D eigenvalue weighted by Gasteiger charge is -2.35. The molecule has 0 atom stereocenters. The molecule has 7 nitrogen and oxygen atoms in total. The third kappa shape index (κ3) is 3.33. The number of piperazine rings is 1. The summed E-state index contributed by atoms with van der Waals surface area (Å²) < 4.78 is 4.88. The summed E-state index contributed by atoms with van der Waals surface area (Å²) in [4.78, 5) is 29.3. The summed E-state index contributed by atoms with van der Waals surface area (Å²) in [5.41, 5.74) is 1.33. The van der Waals surface area contributed by atoms with Crippen LogP contribution in [0.5, 0.6) is 0 Å². The van der Waals surface area contributed by atoms with E-state index in [-0.39, 0.29) is 5.91 Å². The number of amides is 1. The minimum Gasteiger partial charge on any atom is -0.451 e. The topological polar surface area (TPSA) is 75.4 Å². The standard InChI is InChI=1S/C16H21N5O2/c1-11(2)15-18-12(3)8-14(19-15)20-4-6-21(7-5-20)16(22)13-9-23-10-17-13/h8-11H,4-7H2,1-3H3. The van der Waals surface area contributed by atoms with Crippen molar-refractivity contribution >= 4 is 11.7 Å². The maximum absolute atomic E-state index is 12.3. The van der Waals surface area contributed by atoms with Crippen LogP contribution in [0.25, 0.3) is 0 Å². The highest BCUT2D eigenvalue weighted by atomic mass is 16.3. The molecule has 0 radical (unpaired) electrons. The van der Waals surface area contributed by atoms with E-state index in [0.29, 0.717) is 24.7 Å². The number of carbonyl (C=O) groups is 1. The third-order valence-electron chi connectivity index (χ3n) is 3.92. The number of anilines is 1. The molecule has 122 valence electrons. The minimum absolute atomic E-state index is 0.0832. The van der Waals surface area contributed by atoms with Crippen LogP contribution in [-0.4, -0.2) is 51.9 Å². The van der Waals surface area contributed by atoms with Gasteiger partial charge in [0, 0.05) is 43.9 Å². The van der Waals surface area contributed by atoms with Crippen molar-refractivity contribution in [2.45, 2.75) is 26.7 Å². The molecule has 0 spiro atoms. The van der Waals surface area contributed by atoms with Crippen LogP contribution in [0, 0.1) is 6.92 Å². The van der Waals surface area contributed by atoms with Gasteiger partial charge < -0.3 is 14.2 Å². The van der Waals surface area contributed by atoms with Crippen LogP contribution in [0.4, 0.5) is 5.82 Å². The lowest BCUT2D eigenvalue weighted by molar-refractivity contribution is 0.0740. The summed E-state index contributed by atoms with van der Waals surface area (Å²) in [6, 6.07) is 2.00. The van der Waals surface area contributed by atoms with Gasteiger partial charge in [0.15, 0.2) is 12.1 Å². The molecule has 3 rings (SSSR count). The molecule has 2 aromatic rings. The number of hydrogen-bond donors (Lipinski definition) is 0. The summed E-state index contributed by atoms with van der Waals surface area (Å²) in [7, 11) is 0. The van der Waals surface area contributed by atoms with Crippen LogP contribution in [0.1, 0.15) is 41.8 Å². The van der Waals surface area contributed by atoms with E-state index in [1.54, 1.807) is 4.90 Å². The molecule has 0 aliphatic carbocycles. The molecule has 1 aliphatic rings. The van der Waals surface area contributed by atoms with Gasteiger partial charge in [-0.3, -0.25) is 4.79 Å². The van der Waals surface area contributed by atoms with Gasteiger partial charge in [-0.2, -0.15) is 0 Å². The van der Waals surface area contributed by atoms with Crippen LogP contribution in [0.2, 0.25) is 0 Å². The number of aryl methyl sites for hydroxylation is 1. The second-order valence-corrected chi connectivity index (χ2v) is 6.03. The van der Waals surface area contributed by atoms with Gasteiger partial charge >= 0.3 is 0 Å². The smallest absolute Gasteiger partial charge is 0.275 e. The molecule has 0 bridgehead atoms. The Hall–Kier alpha value is -2.44. The van der Waals surface area contributed by atoms with Gasteiger partial charge in [0.25, 0.3) is 5.91 Å². The number of nitrogens with zero attached hydrogens (tertiary/aromatic N) is 5. The monoisotopic (exact) mass is 315 g/mol. The summed E-state index contributed by atoms with van der Waals surface area (Å²) in [6.45, 7) is 8.95. The highest BCUT2D eigenvalue weighted by Crippen LogP contribution is 2.19. The first-order chi connectivity index (χ1) is 11.0. The normalized spacial score (nSPS) is 15.3. The maximum Gasteiger partial charge on any atom is 0.275 e. The first-order valence-corrected chi connectivity index (χ1v) is 7.82. The number of oxazole rings is 1. The van der Waals surface area contributed by atoms with E-state index in [4.69, 9.17) is 4.42 Å². The molecular formula is C16H21N5O2. The van der Waals surface area contributed by atoms with Gasteiger partial charge in [0.2, 0.25) is 0 Å². The zero-order valence-corrected chi connectivity index (χ0v) is 13.7. The van der Waals surface area contributed by atoms with Gasteiger partial charge in [0.1, 0.15) is 17.9 Å². The van der Waals surface area contributed by atoms with E-state index in [9.17, 15) is 4.79 Å². The van der Waals surface area contributed by atoms with Crippen molar-refractivity contribution in [1.82, 2.24) is 19.9 Å². The van der Waals surface area contributed by atoms with E-state index in [1.807, 2.05) is 13.0 Å². The van der Waals surface area contributed by atoms with Crippen LogP contribution in [0.3, 0.4) is 0 Å². The fourth-order valence-electron chi connectivity index (χ4n) is 2.61. The Bertz CT molecular complexity index is 676. The van der Waals surface area contributed by atoms with Gasteiger partial charge in [-0.1, -0.05) is 13.8 Å². The zero-order chi connectivity index (χ0) is 16.4. The summed E-state index contributed by atoms with van der Waals surface area (Å²) in [5, 5.41) is 0. The maximum atomic E-state index is 12.3. The molecule has 1 saturated heterocycles. The van der Waals surface area contributed by atoms with Gasteiger partial charge in [-0.25, -0.2) is 15.0 Å². The molecule has 3 heterocycles. The van der Waals surface area contributed by atoms with Gasteiger partial charge in [-0.15, -0.1) is 0 Å². The molecular weight excluding hydrogens is 294 g/mol. The molecule has 2 aromatic heterocycles. The fraction of sp³-hybridized carbons (Fsp3) is 0.500. The third-order valence-corrected chi connectivity index (χ3v) is 3.92. The predicted molar refractivity (Wildman–Crippen MR) is 85.5 cm³/mol. The predicted octanol–water partition coefficient (Wildman–Crippen LogP) is 1.86. The van der Waals surface area contributed by atoms with Crippen molar-refractivity contribution in [2.24, 2.45) is 0 Å². The van der Waals surface area contributed by atoms with E-state index in [0.717, 1.165) is 30.4 Å². The molecule has 0 aromatic carbocycles. The molecule has 23 heavy (non-hydrogen) atoms. The largest absolute Gasteiger partial charge is 0.451 e. The molecule has 1 fully saturated rings. The highest BCUT2D eigenvalue weighted by Gasteiger charge is 2.24. The summed E-state index contributed by atoms with van der Waals surface area (Å²) in [6.07, 6.45) is 2.66. The Morgan fingerprint density at radius 2 is 1.96 bits per heavy atom. The number of carbonyl (C=O) groups excluding carboxylic acids is 1. The highest BCUT2D eigenvalue weighted by molar-refractivity contribution is 5.92. The number of aromatic nitrogens is 3. The van der Waals surface area contributed by atoms with E-state index in [1.165, 1.54) is 12.7 Å². The zero-order valence-electron chi connectivity index (χ0n) is 13.7. The second-order valence-electron chi connectivity index (χ2n) is 6.03. The molecule has 1 aliphatic heterocycles. The number of rotatable bonds is 3. The minimum atomic E-state index is -0.0832. The average Bonchev–Trinajstić information content (AvgIpc) is 3.08. The fourth-order valence-corrected chi connectivity index (χ4v) is 2.61. The Labute approximate surface area is 135 Å². The van der Waals surface area contributed by atoms with Crippen molar-refractivity contribution in [1.29, 1.82) is 0 Å². The molecule has 1 amide bonds. The molecule has 0 N–H and O–H groups in total. The van der Waals surface area contributed by atoms with Crippen molar-refractivity contribution in [3.63, 3.8) is 0 Å². The first-order valence-electron chi connectivity index (χ1n) is 7.82. The molecule has 0 saturated carbocycles. The van der Waals surface area contributed by atoms with Gasteiger partial charge in [0.05, 0.1) is 0 Å². The lowest BCUT2D eigenvalue weighted by atomic mass is 10.2. The first kappa shape index (κ1) is 15.5. The average molecular weight is 315 g/mol. The van der Waals surface area contributed by atoms with Crippen LogP contribution < -0.4 is 4.90 Å². The Morgan fingerprint density at radius 3 is 2.57 bits per heavy atom. The second kappa shape index (κ2) is 6.36. The van der Waals surface area contributed by atoms with Gasteiger partial charge in [-0.05, 0) is 6.92 Å². The Morgan fingerprint density at radius 1 is 1.22 bits per heavy atom.